The highest BCUT2D eigenvalue weighted by Gasteiger charge is 2.37. The Hall–Kier alpha value is -2.17. The van der Waals surface area contributed by atoms with Crippen molar-refractivity contribution in [2.24, 2.45) is 0 Å². The molecule has 2 aromatic carbocycles. The van der Waals surface area contributed by atoms with E-state index in [-0.39, 0.29) is 5.91 Å². The summed E-state index contributed by atoms with van der Waals surface area (Å²) in [6, 6.07) is 11.3. The smallest absolute Gasteiger partial charge is 0.247 e. The molecule has 10 heteroatoms. The lowest BCUT2D eigenvalue weighted by Gasteiger charge is -2.32. The summed E-state index contributed by atoms with van der Waals surface area (Å²) in [5.74, 6) is 0.807. The van der Waals surface area contributed by atoms with Gasteiger partial charge in [0.1, 0.15) is 5.75 Å². The van der Waals surface area contributed by atoms with Crippen LogP contribution in [0, 0.1) is 0 Å². The minimum Gasteiger partial charge on any atom is -0.492 e. The zero-order valence-corrected chi connectivity index (χ0v) is 21.6. The average Bonchev–Trinajstić information content (AvgIpc) is 2.94. The Balaban J connectivity index is 2.02. The van der Waals surface area contributed by atoms with Gasteiger partial charge in [-0.25, -0.2) is 0 Å². The Kier molecular flexibility index (Phi) is 7.02. The summed E-state index contributed by atoms with van der Waals surface area (Å²) in [6.45, 7) is 4.19. The molecule has 1 aliphatic rings. The number of carbonyl (C=O) groups is 1. The fourth-order valence-electron chi connectivity index (χ4n) is 3.50. The molecule has 0 saturated carbocycles. The molecule has 0 N–H and O–H groups in total. The number of thioether (sulfide) groups is 1. The number of halogens is 2. The Bertz CT molecular complexity index is 1180. The molecule has 1 amide bonds. The highest BCUT2D eigenvalue weighted by atomic mass is 79.9. The van der Waals surface area contributed by atoms with Crippen LogP contribution >= 0.6 is 43.6 Å². The number of aromatic nitrogens is 3. The first-order valence-corrected chi connectivity index (χ1v) is 12.8. The van der Waals surface area contributed by atoms with Gasteiger partial charge in [-0.05, 0) is 47.3 Å². The van der Waals surface area contributed by atoms with Gasteiger partial charge in [0.15, 0.2) is 5.69 Å². The van der Waals surface area contributed by atoms with E-state index in [0.717, 1.165) is 14.5 Å². The number of ether oxygens (including phenoxy) is 2. The fourth-order valence-corrected chi connectivity index (χ4v) is 5.17. The van der Waals surface area contributed by atoms with Gasteiger partial charge in [0.2, 0.25) is 23.2 Å². The van der Waals surface area contributed by atoms with Crippen molar-refractivity contribution in [3.8, 4) is 22.9 Å². The third kappa shape index (κ3) is 4.23. The first-order chi connectivity index (χ1) is 15.5. The lowest BCUT2D eigenvalue weighted by molar-refractivity contribution is -0.120. The van der Waals surface area contributed by atoms with Gasteiger partial charge in [0, 0.05) is 16.5 Å². The molecule has 0 fully saturated rings. The number of amides is 1. The quantitative estimate of drug-likeness (QED) is 0.342. The molecule has 0 saturated heterocycles. The summed E-state index contributed by atoms with van der Waals surface area (Å²) in [5, 5.41) is 9.06. The summed E-state index contributed by atoms with van der Waals surface area (Å²) < 4.78 is 14.0. The molecule has 0 radical (unpaired) electrons. The molecular formula is C22H20Br2N4O3S. The molecule has 1 aliphatic heterocycles. The van der Waals surface area contributed by atoms with E-state index in [1.54, 1.807) is 4.90 Å². The van der Waals surface area contributed by atoms with Crippen LogP contribution < -0.4 is 14.4 Å². The van der Waals surface area contributed by atoms with E-state index in [2.05, 4.69) is 47.0 Å². The van der Waals surface area contributed by atoms with Crippen LogP contribution in [-0.2, 0) is 4.79 Å². The zero-order chi connectivity index (χ0) is 22.8. The van der Waals surface area contributed by atoms with Crippen LogP contribution in [-0.4, -0.2) is 34.0 Å². The van der Waals surface area contributed by atoms with Gasteiger partial charge in [-0.1, -0.05) is 52.8 Å². The van der Waals surface area contributed by atoms with E-state index in [4.69, 9.17) is 9.47 Å². The molecule has 0 aliphatic carbocycles. The van der Waals surface area contributed by atoms with Crippen LogP contribution in [0.5, 0.6) is 11.6 Å². The number of rotatable bonds is 5. The standard InChI is InChI=1S/C22H20Br2N4O3S/c1-4-17(29)28-16-9-7-6-8-13(16)18-20(25-22(32-3)27-26-18)31-21(28)14-10-12(23)11-15(24)19(14)30-5-2/h6-11,21H,4-5H2,1-3H3. The molecule has 2 heterocycles. The molecule has 4 rings (SSSR count). The summed E-state index contributed by atoms with van der Waals surface area (Å²) in [7, 11) is 0. The molecule has 32 heavy (non-hydrogen) atoms. The SMILES string of the molecule is CCOc1c(Br)cc(Br)cc1C1Oc2nc(SC)nnc2-c2ccccc2N1C(=O)CC. The number of hydrogen-bond acceptors (Lipinski definition) is 7. The zero-order valence-electron chi connectivity index (χ0n) is 17.6. The van der Waals surface area contributed by atoms with Crippen LogP contribution in [0.1, 0.15) is 32.1 Å². The topological polar surface area (TPSA) is 77.4 Å². The van der Waals surface area contributed by atoms with Gasteiger partial charge in [0.05, 0.1) is 22.3 Å². The number of hydrogen-bond donors (Lipinski definition) is 0. The van der Waals surface area contributed by atoms with Gasteiger partial charge in [-0.3, -0.25) is 9.69 Å². The highest BCUT2D eigenvalue weighted by Crippen LogP contribution is 2.47. The highest BCUT2D eigenvalue weighted by molar-refractivity contribution is 9.11. The van der Waals surface area contributed by atoms with Gasteiger partial charge < -0.3 is 9.47 Å². The molecule has 0 spiro atoms. The molecule has 0 bridgehead atoms. The predicted molar refractivity (Wildman–Crippen MR) is 131 cm³/mol. The second-order valence-corrected chi connectivity index (χ2v) is 9.34. The largest absolute Gasteiger partial charge is 0.492 e. The molecule has 1 aromatic heterocycles. The van der Waals surface area contributed by atoms with Gasteiger partial charge in [0.25, 0.3) is 0 Å². The Labute approximate surface area is 207 Å². The maximum Gasteiger partial charge on any atom is 0.247 e. The summed E-state index contributed by atoms with van der Waals surface area (Å²) in [5.41, 5.74) is 2.57. The number of nitrogens with zero attached hydrogens (tertiary/aromatic N) is 4. The van der Waals surface area contributed by atoms with Crippen molar-refractivity contribution in [2.75, 3.05) is 17.8 Å². The first kappa shape index (κ1) is 23.0. The van der Waals surface area contributed by atoms with Crippen LogP contribution in [0.3, 0.4) is 0 Å². The minimum atomic E-state index is -0.827. The van der Waals surface area contributed by atoms with Crippen LogP contribution in [0.2, 0.25) is 0 Å². The summed E-state index contributed by atoms with van der Waals surface area (Å²) in [6.07, 6.45) is 1.34. The maximum absolute atomic E-state index is 13.3. The van der Waals surface area contributed by atoms with Crippen LogP contribution in [0.25, 0.3) is 11.3 Å². The molecule has 166 valence electrons. The Morgan fingerprint density at radius 3 is 2.72 bits per heavy atom. The average molecular weight is 580 g/mol. The lowest BCUT2D eigenvalue weighted by atomic mass is 10.1. The van der Waals surface area contributed by atoms with E-state index in [9.17, 15) is 4.79 Å². The maximum atomic E-state index is 13.3. The van der Waals surface area contributed by atoms with Crippen molar-refractivity contribution in [2.45, 2.75) is 31.7 Å². The third-order valence-electron chi connectivity index (χ3n) is 4.86. The number of fused-ring (bicyclic) bond motifs is 3. The second kappa shape index (κ2) is 9.76. The van der Waals surface area contributed by atoms with Crippen LogP contribution in [0.4, 0.5) is 5.69 Å². The molecular weight excluding hydrogens is 560 g/mol. The van der Waals surface area contributed by atoms with Crippen molar-refractivity contribution in [1.82, 2.24) is 15.2 Å². The summed E-state index contributed by atoms with van der Waals surface area (Å²) in [4.78, 5) is 19.5. The minimum absolute atomic E-state index is 0.105. The third-order valence-corrected chi connectivity index (χ3v) is 6.44. The molecule has 1 unspecified atom stereocenters. The monoisotopic (exact) mass is 578 g/mol. The van der Waals surface area contributed by atoms with Crippen molar-refractivity contribution < 1.29 is 14.3 Å². The van der Waals surface area contributed by atoms with Gasteiger partial charge in [-0.2, -0.15) is 4.98 Å². The fraction of sp³-hybridized carbons (Fsp3) is 0.273. The number of carbonyl (C=O) groups excluding carboxylic acids is 1. The second-order valence-electron chi connectivity index (χ2n) is 6.80. The van der Waals surface area contributed by atoms with Crippen molar-refractivity contribution in [1.29, 1.82) is 0 Å². The summed E-state index contributed by atoms with van der Waals surface area (Å²) >= 11 is 8.52. The van der Waals surface area contributed by atoms with Crippen molar-refractivity contribution in [3.05, 3.63) is 50.9 Å². The predicted octanol–water partition coefficient (Wildman–Crippen LogP) is 6.02. The van der Waals surface area contributed by atoms with E-state index in [0.29, 0.717) is 46.8 Å². The van der Waals surface area contributed by atoms with E-state index in [1.807, 2.05) is 56.5 Å². The Morgan fingerprint density at radius 1 is 1.22 bits per heavy atom. The lowest BCUT2D eigenvalue weighted by Crippen LogP contribution is -2.37. The number of benzene rings is 2. The van der Waals surface area contributed by atoms with Crippen molar-refractivity contribution >= 4 is 55.2 Å². The van der Waals surface area contributed by atoms with Crippen LogP contribution in [0.15, 0.2) is 50.5 Å². The van der Waals surface area contributed by atoms with E-state index in [1.165, 1.54) is 11.8 Å². The van der Waals surface area contributed by atoms with E-state index >= 15 is 0 Å². The number of anilines is 1. The van der Waals surface area contributed by atoms with E-state index < -0.39 is 6.23 Å². The molecule has 3 aromatic rings. The normalized spacial score (nSPS) is 14.8. The van der Waals surface area contributed by atoms with Gasteiger partial charge in [-0.15, -0.1) is 10.2 Å². The van der Waals surface area contributed by atoms with Gasteiger partial charge >= 0.3 is 0 Å². The number of para-hydroxylation sites is 1. The molecule has 7 nitrogen and oxygen atoms in total. The first-order valence-electron chi connectivity index (χ1n) is 9.97. The Morgan fingerprint density at radius 2 is 2.00 bits per heavy atom. The molecule has 1 atom stereocenters. The van der Waals surface area contributed by atoms with Crippen molar-refractivity contribution in [3.63, 3.8) is 0 Å².